The Labute approximate surface area is 158 Å². The van der Waals surface area contributed by atoms with Gasteiger partial charge in [-0.3, -0.25) is 10.1 Å². The van der Waals surface area contributed by atoms with Gasteiger partial charge in [-0.25, -0.2) is 9.97 Å². The van der Waals surface area contributed by atoms with Crippen LogP contribution in [0.5, 0.6) is 0 Å². The van der Waals surface area contributed by atoms with Crippen LogP contribution < -0.4 is 11.1 Å². The number of nitrogens with two attached hydrogens (primary N) is 1. The van der Waals surface area contributed by atoms with E-state index in [1.165, 1.54) is 12.5 Å². The number of methoxy groups -OCH3 is 1. The third-order valence-electron chi connectivity index (χ3n) is 4.97. The average Bonchev–Trinajstić information content (AvgIpc) is 3.39. The second-order valence-corrected chi connectivity index (χ2v) is 6.93. The summed E-state index contributed by atoms with van der Waals surface area (Å²) in [4.78, 5) is 20.0. The van der Waals surface area contributed by atoms with Crippen molar-refractivity contribution >= 4 is 5.78 Å². The molecule has 1 aliphatic rings. The molecule has 2 unspecified atom stereocenters. The smallest absolute Gasteiger partial charge is 0.263 e. The molecule has 3 atom stereocenters. The number of nitrogens with one attached hydrogen (secondary N) is 1. The minimum absolute atomic E-state index is 0.0445. The summed E-state index contributed by atoms with van der Waals surface area (Å²) in [6.45, 7) is 0.952. The van der Waals surface area contributed by atoms with E-state index >= 15 is 0 Å². The van der Waals surface area contributed by atoms with E-state index in [2.05, 4.69) is 15.3 Å². The van der Waals surface area contributed by atoms with Gasteiger partial charge in [0.05, 0.1) is 24.4 Å². The molecule has 2 aromatic rings. The van der Waals surface area contributed by atoms with Gasteiger partial charge in [-0.15, -0.1) is 0 Å². The molecule has 1 saturated heterocycles. The van der Waals surface area contributed by atoms with Crippen LogP contribution in [-0.2, 0) is 4.74 Å². The molecular formula is C19H28N4O4. The molecule has 8 nitrogen and oxygen atoms in total. The lowest BCUT2D eigenvalue weighted by atomic mass is 9.95. The highest BCUT2D eigenvalue weighted by Gasteiger charge is 2.29. The fourth-order valence-corrected chi connectivity index (χ4v) is 3.46. The molecule has 27 heavy (non-hydrogen) atoms. The van der Waals surface area contributed by atoms with Crippen LogP contribution in [0, 0.1) is 0 Å². The van der Waals surface area contributed by atoms with Crippen molar-refractivity contribution in [3.63, 3.8) is 0 Å². The van der Waals surface area contributed by atoms with Gasteiger partial charge in [0.1, 0.15) is 18.3 Å². The SMILES string of the molecule is COC1NCCCC1c1cnc([C@@H](N)CCCCCC(=O)c2ncco2)o1. The van der Waals surface area contributed by atoms with Crippen LogP contribution in [0.1, 0.15) is 79.2 Å². The molecule has 2 aromatic heterocycles. The van der Waals surface area contributed by atoms with Gasteiger partial charge in [0.15, 0.2) is 0 Å². The van der Waals surface area contributed by atoms with E-state index in [4.69, 9.17) is 19.3 Å². The highest BCUT2D eigenvalue weighted by molar-refractivity contribution is 5.91. The number of rotatable bonds is 10. The number of unbranched alkanes of at least 4 members (excludes halogenated alkanes) is 2. The quantitative estimate of drug-likeness (QED) is 0.480. The van der Waals surface area contributed by atoms with Crippen molar-refractivity contribution in [3.05, 3.63) is 36.2 Å². The summed E-state index contributed by atoms with van der Waals surface area (Å²) in [5.41, 5.74) is 6.23. The molecule has 0 bridgehead atoms. The number of hydrogen-bond donors (Lipinski definition) is 2. The van der Waals surface area contributed by atoms with Crippen molar-refractivity contribution < 1.29 is 18.4 Å². The number of nitrogens with zero attached hydrogens (tertiary/aromatic N) is 2. The predicted molar refractivity (Wildman–Crippen MR) is 98.1 cm³/mol. The maximum Gasteiger partial charge on any atom is 0.263 e. The molecule has 3 rings (SSSR count). The molecule has 148 valence electrons. The summed E-state index contributed by atoms with van der Waals surface area (Å²) in [6, 6.07) is -0.237. The van der Waals surface area contributed by atoms with Gasteiger partial charge in [0, 0.05) is 13.5 Å². The van der Waals surface area contributed by atoms with Gasteiger partial charge in [0.25, 0.3) is 5.89 Å². The number of carbonyl (C=O) groups excluding carboxylic acids is 1. The Morgan fingerprint density at radius 3 is 3.07 bits per heavy atom. The van der Waals surface area contributed by atoms with Crippen LogP contribution in [0.25, 0.3) is 0 Å². The second kappa shape index (κ2) is 9.77. The van der Waals surface area contributed by atoms with Crippen molar-refractivity contribution in [3.8, 4) is 0 Å². The Morgan fingerprint density at radius 2 is 2.30 bits per heavy atom. The summed E-state index contributed by atoms with van der Waals surface area (Å²) >= 11 is 0. The van der Waals surface area contributed by atoms with Gasteiger partial charge in [-0.1, -0.05) is 12.8 Å². The predicted octanol–water partition coefficient (Wildman–Crippen LogP) is 2.94. The standard InChI is InChI=1S/C19H28N4O4/c1-25-17-13(6-5-9-21-17)16-12-23-18(27-16)14(20)7-3-2-4-8-15(24)19-22-10-11-26-19/h10-14,17,21H,2-9,20H2,1H3/t13?,14-,17?/m0/s1. The van der Waals surface area contributed by atoms with Gasteiger partial charge in [-0.05, 0) is 32.2 Å². The molecular weight excluding hydrogens is 348 g/mol. The Morgan fingerprint density at radius 1 is 1.41 bits per heavy atom. The Hall–Kier alpha value is -2.03. The minimum Gasteiger partial charge on any atom is -0.444 e. The van der Waals surface area contributed by atoms with Crippen LogP contribution in [0.4, 0.5) is 0 Å². The molecule has 3 N–H and O–H groups in total. The number of aromatic nitrogens is 2. The number of ether oxygens (including phenoxy) is 1. The van der Waals surface area contributed by atoms with E-state index in [-0.39, 0.29) is 29.9 Å². The number of Topliss-reactive ketones (excluding diaryl/α,β-unsaturated/α-hetero) is 1. The molecule has 0 aliphatic carbocycles. The lowest BCUT2D eigenvalue weighted by molar-refractivity contribution is 0.0275. The lowest BCUT2D eigenvalue weighted by Gasteiger charge is -2.29. The minimum atomic E-state index is -0.237. The molecule has 8 heteroatoms. The molecule has 3 heterocycles. The van der Waals surface area contributed by atoms with Crippen molar-refractivity contribution in [2.75, 3.05) is 13.7 Å². The van der Waals surface area contributed by atoms with E-state index in [9.17, 15) is 4.79 Å². The lowest BCUT2D eigenvalue weighted by Crippen LogP contribution is -2.41. The average molecular weight is 376 g/mol. The number of piperidine rings is 1. The Kier molecular flexibility index (Phi) is 7.14. The zero-order chi connectivity index (χ0) is 19.1. The van der Waals surface area contributed by atoms with E-state index in [0.717, 1.165) is 50.8 Å². The summed E-state index contributed by atoms with van der Waals surface area (Å²) in [6.07, 6.45) is 10.5. The van der Waals surface area contributed by atoms with Gasteiger partial charge < -0.3 is 19.3 Å². The molecule has 0 radical (unpaired) electrons. The first-order valence-electron chi connectivity index (χ1n) is 9.59. The van der Waals surface area contributed by atoms with Crippen LogP contribution in [0.2, 0.25) is 0 Å². The monoisotopic (exact) mass is 376 g/mol. The summed E-state index contributed by atoms with van der Waals surface area (Å²) in [5, 5.41) is 3.34. The zero-order valence-corrected chi connectivity index (χ0v) is 15.7. The van der Waals surface area contributed by atoms with Gasteiger partial charge in [0.2, 0.25) is 11.7 Å². The molecule has 1 fully saturated rings. The van der Waals surface area contributed by atoms with Crippen LogP contribution in [-0.4, -0.2) is 35.6 Å². The first kappa shape index (κ1) is 19.7. The number of hydrogen-bond acceptors (Lipinski definition) is 8. The first-order chi connectivity index (χ1) is 13.2. The molecule has 0 spiro atoms. The maximum absolute atomic E-state index is 11.8. The number of carbonyl (C=O) groups is 1. The van der Waals surface area contributed by atoms with Crippen molar-refractivity contribution in [2.24, 2.45) is 5.73 Å². The third kappa shape index (κ3) is 5.24. The molecule has 0 amide bonds. The van der Waals surface area contributed by atoms with E-state index < -0.39 is 0 Å². The highest BCUT2D eigenvalue weighted by atomic mass is 16.5. The largest absolute Gasteiger partial charge is 0.444 e. The first-order valence-corrected chi connectivity index (χ1v) is 9.59. The van der Waals surface area contributed by atoms with Crippen LogP contribution in [0.15, 0.2) is 27.5 Å². The van der Waals surface area contributed by atoms with Crippen LogP contribution >= 0.6 is 0 Å². The van der Waals surface area contributed by atoms with Crippen molar-refractivity contribution in [2.45, 2.75) is 63.1 Å². The number of ketones is 1. The number of oxazole rings is 2. The van der Waals surface area contributed by atoms with Gasteiger partial charge in [-0.2, -0.15) is 0 Å². The third-order valence-corrected chi connectivity index (χ3v) is 4.97. The normalized spacial score (nSPS) is 21.3. The summed E-state index contributed by atoms with van der Waals surface area (Å²) in [5.74, 6) is 1.69. The summed E-state index contributed by atoms with van der Waals surface area (Å²) in [7, 11) is 1.70. The van der Waals surface area contributed by atoms with E-state index in [1.54, 1.807) is 13.3 Å². The van der Waals surface area contributed by atoms with Crippen molar-refractivity contribution in [1.82, 2.24) is 15.3 Å². The molecule has 0 saturated carbocycles. The zero-order valence-electron chi connectivity index (χ0n) is 15.7. The van der Waals surface area contributed by atoms with Crippen molar-refractivity contribution in [1.29, 1.82) is 0 Å². The fourth-order valence-electron chi connectivity index (χ4n) is 3.46. The molecule has 1 aliphatic heterocycles. The topological polar surface area (TPSA) is 116 Å². The Bertz CT molecular complexity index is 700. The maximum atomic E-state index is 11.8. The molecule has 0 aromatic carbocycles. The fraction of sp³-hybridized carbons (Fsp3) is 0.632. The van der Waals surface area contributed by atoms with Crippen LogP contribution in [0.3, 0.4) is 0 Å². The van der Waals surface area contributed by atoms with E-state index in [0.29, 0.717) is 12.3 Å². The van der Waals surface area contributed by atoms with E-state index in [1.807, 2.05) is 0 Å². The van der Waals surface area contributed by atoms with Gasteiger partial charge >= 0.3 is 0 Å². The summed E-state index contributed by atoms with van der Waals surface area (Å²) < 4.78 is 16.4. The second-order valence-electron chi connectivity index (χ2n) is 6.93. The highest BCUT2D eigenvalue weighted by Crippen LogP contribution is 2.30. The Balaban J connectivity index is 1.40.